The van der Waals surface area contributed by atoms with Crippen molar-refractivity contribution in [1.29, 1.82) is 0 Å². The molecule has 1 atom stereocenters. The van der Waals surface area contributed by atoms with E-state index in [1.54, 1.807) is 24.2 Å². The van der Waals surface area contributed by atoms with Gasteiger partial charge in [-0.1, -0.05) is 38.2 Å². The molecule has 198 valence electrons. The van der Waals surface area contributed by atoms with E-state index in [1.165, 1.54) is 0 Å². The summed E-state index contributed by atoms with van der Waals surface area (Å²) in [6, 6.07) is 6.57. The lowest BCUT2D eigenvalue weighted by Gasteiger charge is -2.15. The number of amides is 1. The van der Waals surface area contributed by atoms with Gasteiger partial charge in [-0.3, -0.25) is 9.48 Å². The largest absolute Gasteiger partial charge is 0.383 e. The molecule has 9 nitrogen and oxygen atoms in total. The molecule has 1 amide bonds. The number of nitrogens with zero attached hydrogens (tertiary/aromatic N) is 5. The predicted molar refractivity (Wildman–Crippen MR) is 150 cm³/mol. The van der Waals surface area contributed by atoms with Crippen LogP contribution in [-0.4, -0.2) is 64.7 Å². The van der Waals surface area contributed by atoms with Crippen molar-refractivity contribution >= 4 is 47.6 Å². The van der Waals surface area contributed by atoms with Gasteiger partial charge in [0.15, 0.2) is 5.65 Å². The Morgan fingerprint density at radius 1 is 1.27 bits per heavy atom. The molecule has 1 aromatic carbocycles. The number of fused-ring (bicyclic) bond motifs is 2. The summed E-state index contributed by atoms with van der Waals surface area (Å²) in [7, 11) is 2.27. The summed E-state index contributed by atoms with van der Waals surface area (Å²) in [5, 5.41) is 9.27. The standard InChI is InChI=1S/C26H35ClN6O3Si/c1-7-18(15-35-3)29-26(34)20-14-33(16-36-10-11-37(4,5)6)25-24(20)30-21(13-28-25)23-19-9-8-17(27)12-22(19)32(2)31-23/h8-9,12-14,18H,7,10-11,15-16H2,1-6H3,(H,29,34)/t18-/m1/s1. The highest BCUT2D eigenvalue weighted by Crippen LogP contribution is 2.30. The van der Waals surface area contributed by atoms with Gasteiger partial charge in [0.2, 0.25) is 0 Å². The summed E-state index contributed by atoms with van der Waals surface area (Å²) in [4.78, 5) is 23.0. The topological polar surface area (TPSA) is 96.1 Å². The lowest BCUT2D eigenvalue weighted by molar-refractivity contribution is 0.0876. The minimum Gasteiger partial charge on any atom is -0.383 e. The molecule has 4 aromatic rings. The highest BCUT2D eigenvalue weighted by molar-refractivity contribution is 6.76. The normalized spacial score (nSPS) is 12.9. The molecule has 0 bridgehead atoms. The van der Waals surface area contributed by atoms with Crippen LogP contribution in [0, 0.1) is 0 Å². The Morgan fingerprint density at radius 3 is 2.76 bits per heavy atom. The first kappa shape index (κ1) is 27.2. The highest BCUT2D eigenvalue weighted by Gasteiger charge is 2.22. The fourth-order valence-electron chi connectivity index (χ4n) is 4.12. The summed E-state index contributed by atoms with van der Waals surface area (Å²) in [6.45, 7) is 10.3. The molecular formula is C26H35ClN6O3Si. The van der Waals surface area contributed by atoms with E-state index in [1.807, 2.05) is 36.7 Å². The third-order valence-corrected chi connectivity index (χ3v) is 8.23. The van der Waals surface area contributed by atoms with Crippen molar-refractivity contribution in [2.45, 2.75) is 51.8 Å². The molecule has 1 N–H and O–H groups in total. The van der Waals surface area contributed by atoms with E-state index in [2.05, 4.69) is 30.1 Å². The van der Waals surface area contributed by atoms with E-state index >= 15 is 0 Å². The molecule has 0 radical (unpaired) electrons. The number of carbonyl (C=O) groups excluding carboxylic acids is 1. The van der Waals surface area contributed by atoms with Crippen molar-refractivity contribution in [3.05, 3.63) is 41.2 Å². The predicted octanol–water partition coefficient (Wildman–Crippen LogP) is 5.11. The molecule has 0 saturated carbocycles. The zero-order chi connectivity index (χ0) is 26.7. The van der Waals surface area contributed by atoms with E-state index in [0.29, 0.717) is 53.1 Å². The number of ether oxygens (including phenoxy) is 2. The molecule has 11 heteroatoms. The van der Waals surface area contributed by atoms with Crippen LogP contribution >= 0.6 is 11.6 Å². The fraction of sp³-hybridized carbons (Fsp3) is 0.462. The van der Waals surface area contributed by atoms with Gasteiger partial charge >= 0.3 is 0 Å². The summed E-state index contributed by atoms with van der Waals surface area (Å²) in [5.74, 6) is -0.223. The molecule has 0 fully saturated rings. The Hall–Kier alpha value is -2.79. The van der Waals surface area contributed by atoms with E-state index in [0.717, 1.165) is 23.4 Å². The minimum absolute atomic E-state index is 0.107. The van der Waals surface area contributed by atoms with Crippen molar-refractivity contribution in [3.63, 3.8) is 0 Å². The number of hydrogen-bond acceptors (Lipinski definition) is 6. The van der Waals surface area contributed by atoms with Crippen LogP contribution in [0.25, 0.3) is 33.5 Å². The smallest absolute Gasteiger partial charge is 0.255 e. The molecule has 0 unspecified atom stereocenters. The Labute approximate surface area is 223 Å². The number of hydrogen-bond donors (Lipinski definition) is 1. The Bertz CT molecular complexity index is 1410. The van der Waals surface area contributed by atoms with Gasteiger partial charge in [-0.05, 0) is 30.7 Å². The van der Waals surface area contributed by atoms with Crippen LogP contribution in [0.5, 0.6) is 0 Å². The third-order valence-electron chi connectivity index (χ3n) is 6.29. The number of benzene rings is 1. The second kappa shape index (κ2) is 11.3. The number of methoxy groups -OCH3 is 1. The van der Waals surface area contributed by atoms with Crippen molar-refractivity contribution in [2.24, 2.45) is 7.05 Å². The van der Waals surface area contributed by atoms with Crippen LogP contribution in [0.1, 0.15) is 23.7 Å². The maximum absolute atomic E-state index is 13.4. The van der Waals surface area contributed by atoms with E-state index in [-0.39, 0.29) is 11.9 Å². The first-order valence-corrected chi connectivity index (χ1v) is 16.6. The highest BCUT2D eigenvalue weighted by atomic mass is 35.5. The van der Waals surface area contributed by atoms with E-state index in [4.69, 9.17) is 31.0 Å². The fourth-order valence-corrected chi connectivity index (χ4v) is 5.04. The number of halogens is 1. The van der Waals surface area contributed by atoms with Gasteiger partial charge in [-0.15, -0.1) is 0 Å². The number of aryl methyl sites for hydroxylation is 1. The molecule has 4 rings (SSSR count). The monoisotopic (exact) mass is 542 g/mol. The third kappa shape index (κ3) is 6.20. The van der Waals surface area contributed by atoms with Crippen LogP contribution in [-0.2, 0) is 23.3 Å². The second-order valence-corrected chi connectivity index (χ2v) is 16.5. The maximum Gasteiger partial charge on any atom is 0.255 e. The zero-order valence-electron chi connectivity index (χ0n) is 22.3. The summed E-state index contributed by atoms with van der Waals surface area (Å²) < 4.78 is 14.9. The first-order valence-electron chi connectivity index (χ1n) is 12.5. The lowest BCUT2D eigenvalue weighted by Crippen LogP contribution is -2.37. The molecule has 0 aliphatic rings. The average molecular weight is 543 g/mol. The second-order valence-electron chi connectivity index (χ2n) is 10.5. The van der Waals surface area contributed by atoms with Crippen molar-refractivity contribution in [1.82, 2.24) is 29.6 Å². The number of carbonyl (C=O) groups is 1. The maximum atomic E-state index is 13.4. The van der Waals surface area contributed by atoms with E-state index in [9.17, 15) is 4.79 Å². The number of aromatic nitrogens is 5. The van der Waals surface area contributed by atoms with Crippen LogP contribution in [0.2, 0.25) is 30.7 Å². The molecule has 0 aliphatic heterocycles. The Kier molecular flexibility index (Phi) is 8.32. The molecule has 3 heterocycles. The van der Waals surface area contributed by atoms with Crippen LogP contribution < -0.4 is 5.32 Å². The quantitative estimate of drug-likeness (QED) is 0.209. The van der Waals surface area contributed by atoms with Gasteiger partial charge in [0.05, 0.1) is 29.9 Å². The summed E-state index contributed by atoms with van der Waals surface area (Å²) >= 11 is 6.20. The molecular weight excluding hydrogens is 508 g/mol. The summed E-state index contributed by atoms with van der Waals surface area (Å²) in [6.07, 6.45) is 4.21. The summed E-state index contributed by atoms with van der Waals surface area (Å²) in [5.41, 5.74) is 3.68. The van der Waals surface area contributed by atoms with Crippen LogP contribution in [0.3, 0.4) is 0 Å². The Balaban J connectivity index is 1.74. The molecule has 37 heavy (non-hydrogen) atoms. The molecule has 0 saturated heterocycles. The minimum atomic E-state index is -1.22. The van der Waals surface area contributed by atoms with Crippen molar-refractivity contribution < 1.29 is 14.3 Å². The van der Waals surface area contributed by atoms with Gasteiger partial charge in [0.25, 0.3) is 5.91 Å². The van der Waals surface area contributed by atoms with Gasteiger partial charge in [0, 0.05) is 45.4 Å². The van der Waals surface area contributed by atoms with Gasteiger partial charge in [0.1, 0.15) is 23.6 Å². The van der Waals surface area contributed by atoms with Gasteiger partial charge in [-0.25, -0.2) is 9.97 Å². The number of rotatable bonds is 11. The molecule has 0 spiro atoms. The van der Waals surface area contributed by atoms with Crippen molar-refractivity contribution in [2.75, 3.05) is 20.3 Å². The van der Waals surface area contributed by atoms with E-state index < -0.39 is 8.07 Å². The number of nitrogens with one attached hydrogen (secondary N) is 1. The SMILES string of the molecule is CC[C@H](COC)NC(=O)c1cn(COCC[Si](C)(C)C)c2ncc(-c3nn(C)c4cc(Cl)ccc34)nc12. The molecule has 3 aromatic heterocycles. The van der Waals surface area contributed by atoms with Crippen LogP contribution in [0.4, 0.5) is 0 Å². The zero-order valence-corrected chi connectivity index (χ0v) is 24.1. The lowest BCUT2D eigenvalue weighted by atomic mass is 10.1. The van der Waals surface area contributed by atoms with Gasteiger partial charge < -0.3 is 19.4 Å². The van der Waals surface area contributed by atoms with Crippen LogP contribution in [0.15, 0.2) is 30.6 Å². The Morgan fingerprint density at radius 2 is 2.05 bits per heavy atom. The van der Waals surface area contributed by atoms with Gasteiger partial charge in [-0.2, -0.15) is 5.10 Å². The average Bonchev–Trinajstić information content (AvgIpc) is 3.38. The molecule has 0 aliphatic carbocycles. The van der Waals surface area contributed by atoms with Crippen molar-refractivity contribution in [3.8, 4) is 11.4 Å². The first-order chi connectivity index (χ1) is 17.6.